The van der Waals surface area contributed by atoms with Crippen LogP contribution < -0.4 is 0 Å². The number of ether oxygens (including phenoxy) is 5. The molecule has 10 rings (SSSR count). The van der Waals surface area contributed by atoms with E-state index in [4.69, 9.17) is 23.7 Å². The zero-order chi connectivity index (χ0) is 28.8. The largest absolute Gasteiger partial charge is 0.419 e. The highest BCUT2D eigenvalue weighted by Crippen LogP contribution is 2.82. The van der Waals surface area contributed by atoms with Crippen molar-refractivity contribution in [3.8, 4) is 0 Å². The molecule has 8 nitrogen and oxygen atoms in total. The fourth-order valence-corrected chi connectivity index (χ4v) is 9.55. The Balaban J connectivity index is 1.18. The first-order valence-corrected chi connectivity index (χ1v) is 14.9. The smallest absolute Gasteiger partial charge is 0.343 e. The standard InChI is InChI=1S/C34H32O8/c1-17(2)33-26(41-33)27-34(42-27)31(3)15-14-20-22(23(31)21-16-32(34,40-21)30(33)37)25(39-29(20)36)24(18-10-6-4-7-11-18)38-28(35)19-12-8-5-9-13-19/h4-13,17,21,23,26-27,30,37H,14-16H2,1-3H3/b25-24+/t21?,23-,26-,27-,30?,31-,32+,33-,34+/m0/s1. The van der Waals surface area contributed by atoms with Gasteiger partial charge in [0, 0.05) is 34.5 Å². The summed E-state index contributed by atoms with van der Waals surface area (Å²) in [4.78, 5) is 26.8. The molecule has 2 spiro atoms. The summed E-state index contributed by atoms with van der Waals surface area (Å²) in [5, 5.41) is 11.9. The molecule has 3 aliphatic carbocycles. The number of aliphatic hydroxyl groups excluding tert-OH is 1. The third-order valence-corrected chi connectivity index (χ3v) is 11.5. The van der Waals surface area contributed by atoms with Crippen LogP contribution in [0.5, 0.6) is 0 Å². The number of epoxide rings is 2. The normalized spacial score (nSPS) is 44.5. The number of rotatable bonds is 4. The van der Waals surface area contributed by atoms with Gasteiger partial charge in [0.15, 0.2) is 11.5 Å². The van der Waals surface area contributed by atoms with E-state index in [1.165, 1.54) is 0 Å². The zero-order valence-electron chi connectivity index (χ0n) is 23.7. The summed E-state index contributed by atoms with van der Waals surface area (Å²) in [5.41, 5.74) is -0.332. The number of hydrogen-bond acceptors (Lipinski definition) is 8. The van der Waals surface area contributed by atoms with Gasteiger partial charge in [-0.3, -0.25) is 0 Å². The molecule has 8 aliphatic rings. The van der Waals surface area contributed by atoms with Crippen molar-refractivity contribution < 1.29 is 38.4 Å². The Hall–Kier alpha value is -3.30. The predicted molar refractivity (Wildman–Crippen MR) is 147 cm³/mol. The van der Waals surface area contributed by atoms with Gasteiger partial charge in [0.2, 0.25) is 0 Å². The average Bonchev–Trinajstić information content (AvgIpc) is 3.87. The fraction of sp³-hybridized carbons (Fsp3) is 0.471. The van der Waals surface area contributed by atoms with Crippen molar-refractivity contribution in [1.82, 2.24) is 0 Å². The van der Waals surface area contributed by atoms with Gasteiger partial charge >= 0.3 is 11.9 Å². The number of aliphatic hydroxyl groups is 1. The van der Waals surface area contributed by atoms with Gasteiger partial charge in [0.25, 0.3) is 0 Å². The van der Waals surface area contributed by atoms with Crippen LogP contribution in [-0.2, 0) is 28.5 Å². The van der Waals surface area contributed by atoms with Gasteiger partial charge in [-0.15, -0.1) is 0 Å². The molecule has 2 aromatic carbocycles. The minimum absolute atomic E-state index is 0.117. The van der Waals surface area contributed by atoms with Gasteiger partial charge in [-0.2, -0.15) is 0 Å². The highest BCUT2D eigenvalue weighted by Gasteiger charge is 2.98. The first-order valence-electron chi connectivity index (χ1n) is 14.9. The number of esters is 2. The van der Waals surface area contributed by atoms with Crippen molar-refractivity contribution in [3.05, 3.63) is 88.7 Å². The van der Waals surface area contributed by atoms with E-state index in [1.54, 1.807) is 24.3 Å². The number of cyclic esters (lactones) is 1. The lowest BCUT2D eigenvalue weighted by Gasteiger charge is -2.70. The lowest BCUT2D eigenvalue weighted by molar-refractivity contribution is -0.366. The van der Waals surface area contributed by atoms with Crippen molar-refractivity contribution in [1.29, 1.82) is 0 Å². The maximum Gasteiger partial charge on any atom is 0.343 e. The molecule has 2 saturated carbocycles. The number of carbonyl (C=O) groups excluding carboxylic acids is 2. The van der Waals surface area contributed by atoms with Gasteiger partial charge in [0.05, 0.1) is 11.7 Å². The quantitative estimate of drug-likeness (QED) is 0.330. The van der Waals surface area contributed by atoms with Gasteiger partial charge in [-0.05, 0) is 30.9 Å². The maximum absolute atomic E-state index is 13.4. The predicted octanol–water partition coefficient (Wildman–Crippen LogP) is 4.33. The fourth-order valence-electron chi connectivity index (χ4n) is 9.55. The molecule has 2 unspecified atom stereocenters. The van der Waals surface area contributed by atoms with Crippen LogP contribution in [0.4, 0.5) is 0 Å². The van der Waals surface area contributed by atoms with Crippen molar-refractivity contribution in [2.75, 3.05) is 0 Å². The van der Waals surface area contributed by atoms with Crippen LogP contribution >= 0.6 is 0 Å². The van der Waals surface area contributed by atoms with Crippen molar-refractivity contribution in [3.63, 3.8) is 0 Å². The van der Waals surface area contributed by atoms with Gasteiger partial charge in [0.1, 0.15) is 35.1 Å². The Bertz CT molecular complexity index is 1620. The van der Waals surface area contributed by atoms with E-state index in [-0.39, 0.29) is 41.7 Å². The molecule has 6 fully saturated rings. The molecular formula is C34H32O8. The van der Waals surface area contributed by atoms with Crippen LogP contribution in [-0.4, -0.2) is 58.3 Å². The molecule has 2 bridgehead atoms. The number of carbonyl (C=O) groups is 2. The highest BCUT2D eigenvalue weighted by molar-refractivity contribution is 5.99. The Morgan fingerprint density at radius 2 is 1.64 bits per heavy atom. The number of allylic oxidation sites excluding steroid dienone is 1. The minimum Gasteiger partial charge on any atom is -0.419 e. The molecule has 42 heavy (non-hydrogen) atoms. The van der Waals surface area contributed by atoms with E-state index in [9.17, 15) is 14.7 Å². The van der Waals surface area contributed by atoms with E-state index in [2.05, 4.69) is 20.8 Å². The maximum atomic E-state index is 13.4. The molecule has 0 radical (unpaired) electrons. The van der Waals surface area contributed by atoms with Crippen LogP contribution in [0, 0.1) is 17.3 Å². The average molecular weight is 569 g/mol. The molecule has 5 aliphatic heterocycles. The van der Waals surface area contributed by atoms with Crippen LogP contribution in [0.2, 0.25) is 0 Å². The lowest BCUT2D eigenvalue weighted by Crippen LogP contribution is -2.83. The summed E-state index contributed by atoms with van der Waals surface area (Å²) in [5.74, 6) is -0.604. The first kappa shape index (κ1) is 25.2. The van der Waals surface area contributed by atoms with E-state index in [1.807, 2.05) is 36.4 Å². The van der Waals surface area contributed by atoms with E-state index >= 15 is 0 Å². The van der Waals surface area contributed by atoms with E-state index in [0.717, 1.165) is 5.57 Å². The van der Waals surface area contributed by atoms with E-state index < -0.39 is 40.3 Å². The van der Waals surface area contributed by atoms with Crippen LogP contribution in [0.1, 0.15) is 56.0 Å². The van der Waals surface area contributed by atoms with Gasteiger partial charge < -0.3 is 28.8 Å². The third-order valence-electron chi connectivity index (χ3n) is 11.5. The monoisotopic (exact) mass is 568 g/mol. The molecule has 8 heteroatoms. The summed E-state index contributed by atoms with van der Waals surface area (Å²) >= 11 is 0. The highest BCUT2D eigenvalue weighted by atomic mass is 16.7. The molecule has 2 aromatic rings. The second-order valence-corrected chi connectivity index (χ2v) is 13.4. The Morgan fingerprint density at radius 1 is 0.976 bits per heavy atom. The SMILES string of the molecule is CC(C)[C@]12O[C@H]1[C@@H]1O[C@@]13[C@@]1(C)CCC4=C(/C(=C(\OC(=O)c5ccccc5)c5ccccc5)OC4=O)[C@@H]1C1C[C@@]3(O1)C2O. The van der Waals surface area contributed by atoms with Crippen molar-refractivity contribution in [2.24, 2.45) is 17.3 Å². The van der Waals surface area contributed by atoms with Gasteiger partial charge in [-0.25, -0.2) is 9.59 Å². The summed E-state index contributed by atoms with van der Waals surface area (Å²) in [7, 11) is 0. The zero-order valence-corrected chi connectivity index (χ0v) is 23.7. The molecule has 0 amide bonds. The van der Waals surface area contributed by atoms with Crippen molar-refractivity contribution >= 4 is 17.7 Å². The van der Waals surface area contributed by atoms with Gasteiger partial charge in [-0.1, -0.05) is 69.3 Å². The Labute approximate surface area is 243 Å². The van der Waals surface area contributed by atoms with Crippen LogP contribution in [0.25, 0.3) is 5.76 Å². The molecule has 216 valence electrons. The van der Waals surface area contributed by atoms with E-state index in [0.29, 0.717) is 36.0 Å². The molecule has 5 heterocycles. The molecule has 4 saturated heterocycles. The number of fused-ring (bicyclic) bond motifs is 2. The second kappa shape index (κ2) is 7.80. The summed E-state index contributed by atoms with van der Waals surface area (Å²) in [6, 6.07) is 18.0. The van der Waals surface area contributed by atoms with Crippen molar-refractivity contribution in [2.45, 2.75) is 81.3 Å². The topological polar surface area (TPSA) is 107 Å². The summed E-state index contributed by atoms with van der Waals surface area (Å²) < 4.78 is 31.9. The molecule has 1 N–H and O–H groups in total. The molecular weight excluding hydrogens is 536 g/mol. The number of hydrogen-bond donors (Lipinski definition) is 1. The summed E-state index contributed by atoms with van der Waals surface area (Å²) in [6.07, 6.45) is 0.353. The summed E-state index contributed by atoms with van der Waals surface area (Å²) in [6.45, 7) is 6.37. The number of benzene rings is 2. The van der Waals surface area contributed by atoms with Crippen LogP contribution in [0.3, 0.4) is 0 Å². The Kier molecular flexibility index (Phi) is 4.68. The molecule has 9 atom stereocenters. The second-order valence-electron chi connectivity index (χ2n) is 13.4. The van der Waals surface area contributed by atoms with Crippen LogP contribution in [0.15, 0.2) is 77.6 Å². The third kappa shape index (κ3) is 2.66. The first-order chi connectivity index (χ1) is 20.2. The Morgan fingerprint density at radius 3 is 2.31 bits per heavy atom. The minimum atomic E-state index is -0.849. The molecule has 0 aromatic heterocycles. The lowest BCUT2D eigenvalue weighted by atomic mass is 9.41.